The Morgan fingerprint density at radius 1 is 1.35 bits per heavy atom. The highest BCUT2D eigenvalue weighted by molar-refractivity contribution is 9.10. The molecule has 0 saturated heterocycles. The SMILES string of the molecule is C[C@@H](NCc1nnn(C)n1)c1ccc(Br)cc1. The number of halogens is 1. The summed E-state index contributed by atoms with van der Waals surface area (Å²) >= 11 is 3.42. The number of nitrogens with zero attached hydrogens (tertiary/aromatic N) is 4. The van der Waals surface area contributed by atoms with Gasteiger partial charge in [-0.2, -0.15) is 4.80 Å². The second-order valence-electron chi connectivity index (χ2n) is 3.85. The maximum absolute atomic E-state index is 4.11. The maximum atomic E-state index is 4.11. The average molecular weight is 296 g/mol. The second-order valence-corrected chi connectivity index (χ2v) is 4.76. The fraction of sp³-hybridized carbons (Fsp3) is 0.364. The number of nitrogens with one attached hydrogen (secondary N) is 1. The highest BCUT2D eigenvalue weighted by Crippen LogP contribution is 2.16. The van der Waals surface area contributed by atoms with Gasteiger partial charge in [0, 0.05) is 10.5 Å². The van der Waals surface area contributed by atoms with Gasteiger partial charge in [0.2, 0.25) is 0 Å². The van der Waals surface area contributed by atoms with Crippen LogP contribution >= 0.6 is 15.9 Å². The number of rotatable bonds is 4. The molecule has 0 aliphatic heterocycles. The third-order valence-corrected chi connectivity index (χ3v) is 3.01. The largest absolute Gasteiger partial charge is 0.303 e. The fourth-order valence-corrected chi connectivity index (χ4v) is 1.77. The van der Waals surface area contributed by atoms with Crippen molar-refractivity contribution in [2.45, 2.75) is 19.5 Å². The molecule has 1 aromatic heterocycles. The van der Waals surface area contributed by atoms with Gasteiger partial charge < -0.3 is 5.32 Å². The lowest BCUT2D eigenvalue weighted by Crippen LogP contribution is -2.19. The highest BCUT2D eigenvalue weighted by Gasteiger charge is 2.06. The molecule has 17 heavy (non-hydrogen) atoms. The van der Waals surface area contributed by atoms with Crippen LogP contribution < -0.4 is 5.32 Å². The van der Waals surface area contributed by atoms with Gasteiger partial charge in [-0.1, -0.05) is 28.1 Å². The van der Waals surface area contributed by atoms with Crippen molar-refractivity contribution < 1.29 is 0 Å². The Morgan fingerprint density at radius 2 is 2.06 bits per heavy atom. The van der Waals surface area contributed by atoms with Crippen molar-refractivity contribution in [3.05, 3.63) is 40.1 Å². The van der Waals surface area contributed by atoms with E-state index in [1.54, 1.807) is 7.05 Å². The summed E-state index contributed by atoms with van der Waals surface area (Å²) in [5.41, 5.74) is 1.23. The Bertz CT molecular complexity index is 479. The summed E-state index contributed by atoms with van der Waals surface area (Å²) in [5, 5.41) is 15.2. The molecule has 2 rings (SSSR count). The number of aryl methyl sites for hydroxylation is 1. The predicted octanol–water partition coefficient (Wildman–Crippen LogP) is 1.82. The van der Waals surface area contributed by atoms with E-state index >= 15 is 0 Å². The van der Waals surface area contributed by atoms with E-state index in [1.807, 2.05) is 12.1 Å². The molecule has 6 heteroatoms. The van der Waals surface area contributed by atoms with Crippen molar-refractivity contribution in [3.8, 4) is 0 Å². The average Bonchev–Trinajstić information content (AvgIpc) is 2.73. The molecule has 1 heterocycles. The lowest BCUT2D eigenvalue weighted by molar-refractivity contribution is 0.555. The minimum absolute atomic E-state index is 0.256. The third kappa shape index (κ3) is 3.34. The number of hydrogen-bond donors (Lipinski definition) is 1. The van der Waals surface area contributed by atoms with Crippen LogP contribution in [-0.4, -0.2) is 20.2 Å². The first-order valence-electron chi connectivity index (χ1n) is 5.37. The molecule has 0 saturated carbocycles. The maximum Gasteiger partial charge on any atom is 0.188 e. The quantitative estimate of drug-likeness (QED) is 0.935. The number of hydrogen-bond acceptors (Lipinski definition) is 4. The van der Waals surface area contributed by atoms with Gasteiger partial charge >= 0.3 is 0 Å². The van der Waals surface area contributed by atoms with Crippen molar-refractivity contribution in [2.75, 3.05) is 0 Å². The van der Waals surface area contributed by atoms with Crippen molar-refractivity contribution in [1.29, 1.82) is 0 Å². The Morgan fingerprint density at radius 3 is 2.65 bits per heavy atom. The van der Waals surface area contributed by atoms with Crippen molar-refractivity contribution in [3.63, 3.8) is 0 Å². The Kier molecular flexibility index (Phi) is 3.86. The highest BCUT2D eigenvalue weighted by atomic mass is 79.9. The molecule has 1 aromatic carbocycles. The van der Waals surface area contributed by atoms with Gasteiger partial charge in [0.25, 0.3) is 0 Å². The van der Waals surface area contributed by atoms with Gasteiger partial charge in [-0.15, -0.1) is 10.2 Å². The summed E-state index contributed by atoms with van der Waals surface area (Å²) in [6, 6.07) is 8.51. The van der Waals surface area contributed by atoms with Crippen LogP contribution in [0.3, 0.4) is 0 Å². The molecule has 0 spiro atoms. The van der Waals surface area contributed by atoms with Crippen molar-refractivity contribution in [2.24, 2.45) is 7.05 Å². The van der Waals surface area contributed by atoms with E-state index in [1.165, 1.54) is 10.4 Å². The molecule has 5 nitrogen and oxygen atoms in total. The summed E-state index contributed by atoms with van der Waals surface area (Å²) in [5.74, 6) is 0.705. The molecule has 0 fully saturated rings. The molecular formula is C11H14BrN5. The first-order chi connectivity index (χ1) is 8.15. The minimum atomic E-state index is 0.256. The van der Waals surface area contributed by atoms with Crippen LogP contribution in [0.4, 0.5) is 0 Å². The monoisotopic (exact) mass is 295 g/mol. The molecule has 0 bridgehead atoms. The lowest BCUT2D eigenvalue weighted by atomic mass is 10.1. The molecule has 0 aliphatic carbocycles. The molecule has 0 radical (unpaired) electrons. The second kappa shape index (κ2) is 5.37. The molecule has 1 atom stereocenters. The van der Waals surface area contributed by atoms with Gasteiger partial charge in [0.05, 0.1) is 13.6 Å². The molecule has 0 amide bonds. The Hall–Kier alpha value is -1.27. The standard InChI is InChI=1S/C11H14BrN5/c1-8(9-3-5-10(12)6-4-9)13-7-11-14-16-17(2)15-11/h3-6,8,13H,7H2,1-2H3/t8-/m1/s1. The zero-order chi connectivity index (χ0) is 12.3. The van der Waals surface area contributed by atoms with Crippen LogP contribution in [0.1, 0.15) is 24.4 Å². The van der Waals surface area contributed by atoms with Crippen molar-refractivity contribution in [1.82, 2.24) is 25.5 Å². The van der Waals surface area contributed by atoms with Crippen molar-refractivity contribution >= 4 is 15.9 Å². The third-order valence-electron chi connectivity index (χ3n) is 2.49. The van der Waals surface area contributed by atoms with E-state index in [0.29, 0.717) is 12.4 Å². The zero-order valence-electron chi connectivity index (χ0n) is 9.76. The summed E-state index contributed by atoms with van der Waals surface area (Å²) < 4.78 is 1.09. The summed E-state index contributed by atoms with van der Waals surface area (Å²) in [7, 11) is 1.76. The fourth-order valence-electron chi connectivity index (χ4n) is 1.51. The Balaban J connectivity index is 1.93. The van der Waals surface area contributed by atoms with Crippen LogP contribution in [0, 0.1) is 0 Å². The zero-order valence-corrected chi connectivity index (χ0v) is 11.3. The van der Waals surface area contributed by atoms with Gasteiger partial charge in [0.15, 0.2) is 5.82 Å². The molecular weight excluding hydrogens is 282 g/mol. The van der Waals surface area contributed by atoms with Gasteiger partial charge in [-0.05, 0) is 29.8 Å². The number of benzene rings is 1. The van der Waals surface area contributed by atoms with Crippen LogP contribution in [0.5, 0.6) is 0 Å². The van der Waals surface area contributed by atoms with Gasteiger partial charge in [0.1, 0.15) is 0 Å². The first-order valence-corrected chi connectivity index (χ1v) is 6.16. The van der Waals surface area contributed by atoms with E-state index in [2.05, 4.69) is 55.7 Å². The van der Waals surface area contributed by atoms with Crippen LogP contribution in [0.15, 0.2) is 28.7 Å². The normalized spacial score (nSPS) is 12.6. The summed E-state index contributed by atoms with van der Waals surface area (Å²) in [6.07, 6.45) is 0. The predicted molar refractivity (Wildman–Crippen MR) is 68.2 cm³/mol. The van der Waals surface area contributed by atoms with E-state index in [0.717, 1.165) is 4.47 Å². The van der Waals surface area contributed by atoms with Gasteiger partial charge in [-0.25, -0.2) is 0 Å². The lowest BCUT2D eigenvalue weighted by Gasteiger charge is -2.12. The van der Waals surface area contributed by atoms with Crippen LogP contribution in [0.2, 0.25) is 0 Å². The molecule has 1 N–H and O–H groups in total. The topological polar surface area (TPSA) is 55.6 Å². The Labute approximate surface area is 108 Å². The van der Waals surface area contributed by atoms with Crippen LogP contribution in [0.25, 0.3) is 0 Å². The van der Waals surface area contributed by atoms with Crippen LogP contribution in [-0.2, 0) is 13.6 Å². The van der Waals surface area contributed by atoms with E-state index in [-0.39, 0.29) is 6.04 Å². The first kappa shape index (κ1) is 12.2. The number of aromatic nitrogens is 4. The van der Waals surface area contributed by atoms with E-state index < -0.39 is 0 Å². The minimum Gasteiger partial charge on any atom is -0.303 e. The number of tetrazole rings is 1. The van der Waals surface area contributed by atoms with Gasteiger partial charge in [-0.3, -0.25) is 0 Å². The smallest absolute Gasteiger partial charge is 0.188 e. The summed E-state index contributed by atoms with van der Waals surface area (Å²) in [4.78, 5) is 1.46. The molecule has 0 unspecified atom stereocenters. The summed E-state index contributed by atoms with van der Waals surface area (Å²) in [6.45, 7) is 2.73. The molecule has 90 valence electrons. The molecule has 0 aliphatic rings. The van der Waals surface area contributed by atoms with E-state index in [4.69, 9.17) is 0 Å². The van der Waals surface area contributed by atoms with E-state index in [9.17, 15) is 0 Å². The molecule has 2 aromatic rings.